The summed E-state index contributed by atoms with van der Waals surface area (Å²) in [5.41, 5.74) is -0.461. The van der Waals surface area contributed by atoms with Crippen LogP contribution in [-0.2, 0) is 9.53 Å². The number of carbonyl (C=O) groups excluding carboxylic acids is 1. The Bertz CT molecular complexity index is 223. The Morgan fingerprint density at radius 1 is 1.47 bits per heavy atom. The van der Waals surface area contributed by atoms with Crippen LogP contribution >= 0.6 is 0 Å². The minimum absolute atomic E-state index is 0.135. The van der Waals surface area contributed by atoms with Gasteiger partial charge in [-0.2, -0.15) is 0 Å². The molecule has 1 aliphatic carbocycles. The van der Waals surface area contributed by atoms with E-state index in [-0.39, 0.29) is 18.0 Å². The van der Waals surface area contributed by atoms with Crippen LogP contribution in [0.25, 0.3) is 0 Å². The van der Waals surface area contributed by atoms with E-state index in [9.17, 15) is 9.90 Å². The Labute approximate surface area is 91.8 Å². The smallest absolute Gasteiger partial charge is 0.311 e. The van der Waals surface area contributed by atoms with E-state index in [1.165, 1.54) is 0 Å². The van der Waals surface area contributed by atoms with Crippen LogP contribution in [0.4, 0.5) is 0 Å². The van der Waals surface area contributed by atoms with Gasteiger partial charge in [0, 0.05) is 0 Å². The van der Waals surface area contributed by atoms with Crippen LogP contribution in [0.1, 0.15) is 46.5 Å². The Hall–Kier alpha value is -0.570. The lowest BCUT2D eigenvalue weighted by Gasteiger charge is -2.36. The van der Waals surface area contributed by atoms with E-state index in [2.05, 4.69) is 0 Å². The first-order chi connectivity index (χ1) is 6.98. The third-order valence-corrected chi connectivity index (χ3v) is 3.47. The highest BCUT2D eigenvalue weighted by molar-refractivity contribution is 5.76. The fourth-order valence-corrected chi connectivity index (χ4v) is 2.30. The fraction of sp³-hybridized carbons (Fsp3) is 0.917. The van der Waals surface area contributed by atoms with Crippen molar-refractivity contribution in [2.45, 2.75) is 52.6 Å². The van der Waals surface area contributed by atoms with Crippen LogP contribution in [0.3, 0.4) is 0 Å². The van der Waals surface area contributed by atoms with E-state index < -0.39 is 5.41 Å². The molecule has 0 spiro atoms. The van der Waals surface area contributed by atoms with Gasteiger partial charge in [0.25, 0.3) is 0 Å². The third kappa shape index (κ3) is 2.94. The van der Waals surface area contributed by atoms with Gasteiger partial charge in [0.2, 0.25) is 0 Å². The fourth-order valence-electron chi connectivity index (χ4n) is 2.30. The van der Waals surface area contributed by atoms with Gasteiger partial charge in [-0.15, -0.1) is 0 Å². The number of hydrogen-bond donors (Lipinski definition) is 1. The van der Waals surface area contributed by atoms with E-state index in [1.807, 2.05) is 20.8 Å². The van der Waals surface area contributed by atoms with Gasteiger partial charge in [-0.1, -0.05) is 6.42 Å². The molecule has 0 radical (unpaired) electrons. The predicted octanol–water partition coefficient (Wildman–Crippen LogP) is 2.13. The van der Waals surface area contributed by atoms with E-state index in [0.29, 0.717) is 6.61 Å². The maximum absolute atomic E-state index is 11.8. The van der Waals surface area contributed by atoms with Gasteiger partial charge in [0.1, 0.15) is 0 Å². The Morgan fingerprint density at radius 2 is 2.13 bits per heavy atom. The molecule has 0 aromatic heterocycles. The van der Waals surface area contributed by atoms with Gasteiger partial charge >= 0.3 is 5.97 Å². The summed E-state index contributed by atoms with van der Waals surface area (Å²) in [5, 5.41) is 9.60. The zero-order valence-corrected chi connectivity index (χ0v) is 9.95. The Morgan fingerprint density at radius 3 is 2.67 bits per heavy atom. The molecule has 0 aromatic rings. The molecular formula is C12H22O3. The lowest BCUT2D eigenvalue weighted by Crippen LogP contribution is -2.38. The van der Waals surface area contributed by atoms with Gasteiger partial charge in [-0.3, -0.25) is 4.79 Å². The number of aliphatic hydroxyl groups is 1. The van der Waals surface area contributed by atoms with Crippen molar-refractivity contribution in [3.8, 4) is 0 Å². The van der Waals surface area contributed by atoms with Crippen molar-refractivity contribution in [2.75, 3.05) is 6.61 Å². The van der Waals surface area contributed by atoms with Crippen molar-refractivity contribution in [1.29, 1.82) is 0 Å². The molecule has 1 rings (SSSR count). The first kappa shape index (κ1) is 12.5. The molecule has 0 aliphatic heterocycles. The molecule has 3 nitrogen and oxygen atoms in total. The van der Waals surface area contributed by atoms with E-state index in [4.69, 9.17) is 4.74 Å². The molecular weight excluding hydrogens is 192 g/mol. The molecule has 1 fully saturated rings. The third-order valence-electron chi connectivity index (χ3n) is 3.47. The summed E-state index contributed by atoms with van der Waals surface area (Å²) < 4.78 is 5.07. The van der Waals surface area contributed by atoms with Gasteiger partial charge in [-0.25, -0.2) is 0 Å². The van der Waals surface area contributed by atoms with Gasteiger partial charge in [0.05, 0.1) is 18.1 Å². The molecule has 1 N–H and O–H groups in total. The highest BCUT2D eigenvalue weighted by Gasteiger charge is 2.40. The number of rotatable bonds is 3. The lowest BCUT2D eigenvalue weighted by atomic mass is 9.70. The van der Waals surface area contributed by atoms with Crippen molar-refractivity contribution in [3.63, 3.8) is 0 Å². The topological polar surface area (TPSA) is 46.5 Å². The van der Waals surface area contributed by atoms with Gasteiger partial charge in [0.15, 0.2) is 0 Å². The molecule has 0 heterocycles. The Balaban J connectivity index is 2.62. The van der Waals surface area contributed by atoms with Crippen LogP contribution < -0.4 is 0 Å². The molecule has 15 heavy (non-hydrogen) atoms. The summed E-state index contributed by atoms with van der Waals surface area (Å²) in [6.07, 6.45) is 3.39. The summed E-state index contributed by atoms with van der Waals surface area (Å²) in [5.74, 6) is 0.115. The van der Waals surface area contributed by atoms with Crippen molar-refractivity contribution in [2.24, 2.45) is 11.3 Å². The molecule has 0 bridgehead atoms. The molecule has 2 atom stereocenters. The van der Waals surface area contributed by atoms with E-state index in [1.54, 1.807) is 0 Å². The standard InChI is InChI=1S/C12H22O3/c1-4-15-11(14)12(2,3)9-6-5-7-10(13)8-9/h9-10,13H,4-8H2,1-3H3/t9-,10+/m1/s1. The Kier molecular flexibility index (Phi) is 4.14. The zero-order valence-electron chi connectivity index (χ0n) is 9.95. The molecule has 0 saturated heterocycles. The molecule has 88 valence electrons. The van der Waals surface area contributed by atoms with Crippen molar-refractivity contribution in [1.82, 2.24) is 0 Å². The lowest BCUT2D eigenvalue weighted by molar-refractivity contribution is -0.158. The van der Waals surface area contributed by atoms with Gasteiger partial charge in [-0.05, 0) is 46.0 Å². The second kappa shape index (κ2) is 4.97. The maximum atomic E-state index is 11.8. The zero-order chi connectivity index (χ0) is 11.5. The first-order valence-corrected chi connectivity index (χ1v) is 5.83. The first-order valence-electron chi connectivity index (χ1n) is 5.83. The minimum atomic E-state index is -0.461. The van der Waals surface area contributed by atoms with Crippen molar-refractivity contribution in [3.05, 3.63) is 0 Å². The quantitative estimate of drug-likeness (QED) is 0.732. The van der Waals surface area contributed by atoms with Crippen molar-refractivity contribution < 1.29 is 14.6 Å². The molecule has 1 saturated carbocycles. The van der Waals surface area contributed by atoms with Crippen molar-refractivity contribution >= 4 is 5.97 Å². The van der Waals surface area contributed by atoms with Gasteiger partial charge < -0.3 is 9.84 Å². The predicted molar refractivity (Wildman–Crippen MR) is 58.4 cm³/mol. The largest absolute Gasteiger partial charge is 0.466 e. The van der Waals surface area contributed by atoms with Crippen LogP contribution in [-0.4, -0.2) is 23.8 Å². The number of hydrogen-bond acceptors (Lipinski definition) is 3. The van der Waals surface area contributed by atoms with E-state index in [0.717, 1.165) is 25.7 Å². The summed E-state index contributed by atoms with van der Waals surface area (Å²) in [4.78, 5) is 11.8. The highest BCUT2D eigenvalue weighted by Crippen LogP contribution is 2.39. The van der Waals surface area contributed by atoms with Crippen LogP contribution in [0.15, 0.2) is 0 Å². The minimum Gasteiger partial charge on any atom is -0.466 e. The number of aliphatic hydroxyl groups excluding tert-OH is 1. The number of esters is 1. The number of ether oxygens (including phenoxy) is 1. The molecule has 0 aromatic carbocycles. The molecule has 3 heteroatoms. The maximum Gasteiger partial charge on any atom is 0.311 e. The molecule has 0 amide bonds. The number of carbonyl (C=O) groups is 1. The summed E-state index contributed by atoms with van der Waals surface area (Å²) in [7, 11) is 0. The van der Waals surface area contributed by atoms with Crippen LogP contribution in [0.5, 0.6) is 0 Å². The van der Waals surface area contributed by atoms with Crippen LogP contribution in [0, 0.1) is 11.3 Å². The highest BCUT2D eigenvalue weighted by atomic mass is 16.5. The summed E-state index contributed by atoms with van der Waals surface area (Å²) in [6, 6.07) is 0. The molecule has 1 aliphatic rings. The second-order valence-corrected chi connectivity index (χ2v) is 4.96. The second-order valence-electron chi connectivity index (χ2n) is 4.96. The summed E-state index contributed by atoms with van der Waals surface area (Å²) >= 11 is 0. The monoisotopic (exact) mass is 214 g/mol. The molecule has 0 unspecified atom stereocenters. The van der Waals surface area contributed by atoms with Crippen LogP contribution in [0.2, 0.25) is 0 Å². The van der Waals surface area contributed by atoms with E-state index >= 15 is 0 Å². The SMILES string of the molecule is CCOC(=O)C(C)(C)[C@@H]1CCC[C@H](O)C1. The average molecular weight is 214 g/mol. The average Bonchev–Trinajstić information content (AvgIpc) is 2.18. The normalized spacial score (nSPS) is 27.5. The summed E-state index contributed by atoms with van der Waals surface area (Å²) in [6.45, 7) is 6.10.